The predicted molar refractivity (Wildman–Crippen MR) is 96.7 cm³/mol. The third-order valence-corrected chi connectivity index (χ3v) is 4.11. The Balaban J connectivity index is 3.30. The molecular weight excluding hydrogens is 312 g/mol. The van der Waals surface area contributed by atoms with Crippen LogP contribution in [0.3, 0.4) is 0 Å². The van der Waals surface area contributed by atoms with Gasteiger partial charge in [-0.15, -0.1) is 0 Å². The first-order valence-corrected chi connectivity index (χ1v) is 14.7. The van der Waals surface area contributed by atoms with E-state index in [1.807, 2.05) is 26.0 Å². The van der Waals surface area contributed by atoms with E-state index in [9.17, 15) is 0 Å². The van der Waals surface area contributed by atoms with Gasteiger partial charge >= 0.3 is 0 Å². The number of hydrogen-bond acceptors (Lipinski definition) is 4. The van der Waals surface area contributed by atoms with Crippen LogP contribution in [-0.2, 0) is 0 Å². The molecule has 0 bridgehead atoms. The van der Waals surface area contributed by atoms with E-state index in [4.69, 9.17) is 18.3 Å². The van der Waals surface area contributed by atoms with E-state index in [2.05, 4.69) is 39.3 Å². The summed E-state index contributed by atoms with van der Waals surface area (Å²) in [5.74, 6) is 2.93. The second kappa shape index (κ2) is 7.41. The fourth-order valence-corrected chi connectivity index (χ4v) is 3.52. The van der Waals surface area contributed by atoms with Gasteiger partial charge in [-0.1, -0.05) is 0 Å². The summed E-state index contributed by atoms with van der Waals surface area (Å²) < 4.78 is 23.8. The zero-order valence-electron chi connectivity index (χ0n) is 15.2. The highest BCUT2D eigenvalue weighted by molar-refractivity contribution is 6.70. The first-order chi connectivity index (χ1) is 10.1. The summed E-state index contributed by atoms with van der Waals surface area (Å²) in [4.78, 5) is 0. The first-order valence-electron chi connectivity index (χ1n) is 7.87. The maximum Gasteiger partial charge on any atom is 0.242 e. The van der Waals surface area contributed by atoms with Crippen molar-refractivity contribution in [3.63, 3.8) is 0 Å². The molecule has 0 saturated heterocycles. The van der Waals surface area contributed by atoms with Crippen molar-refractivity contribution in [1.29, 1.82) is 0 Å². The molecule has 0 heterocycles. The summed E-state index contributed by atoms with van der Waals surface area (Å²) in [5, 5.41) is 0. The highest BCUT2D eigenvalue weighted by Gasteiger charge is 2.24. The highest BCUT2D eigenvalue weighted by Crippen LogP contribution is 2.41. The van der Waals surface area contributed by atoms with Crippen LogP contribution in [0.4, 0.5) is 0 Å². The lowest BCUT2D eigenvalue weighted by Gasteiger charge is -2.26. The number of benzene rings is 1. The number of hydrogen-bond donors (Lipinski definition) is 0. The van der Waals surface area contributed by atoms with Crippen LogP contribution >= 0.6 is 0 Å². The Morgan fingerprint density at radius 3 is 1.18 bits per heavy atom. The molecule has 4 nitrogen and oxygen atoms in total. The monoisotopic (exact) mass is 342 g/mol. The Labute approximate surface area is 137 Å². The molecule has 0 amide bonds. The van der Waals surface area contributed by atoms with Crippen LogP contribution in [0.1, 0.15) is 13.8 Å². The summed E-state index contributed by atoms with van der Waals surface area (Å²) in [6, 6.07) is 3.81. The zero-order valence-corrected chi connectivity index (χ0v) is 17.2. The predicted octanol–water partition coefficient (Wildman–Crippen LogP) is 4.91. The Hall–Kier alpha value is -1.15. The molecule has 0 N–H and O–H groups in total. The topological polar surface area (TPSA) is 36.9 Å². The van der Waals surface area contributed by atoms with Gasteiger partial charge in [-0.3, -0.25) is 0 Å². The van der Waals surface area contributed by atoms with Crippen LogP contribution in [0.15, 0.2) is 12.1 Å². The summed E-state index contributed by atoms with van der Waals surface area (Å²) in [6.07, 6.45) is 0. The van der Waals surface area contributed by atoms with Crippen LogP contribution < -0.4 is 18.3 Å². The molecule has 126 valence electrons. The van der Waals surface area contributed by atoms with Crippen molar-refractivity contribution in [3.05, 3.63) is 12.1 Å². The average Bonchev–Trinajstić information content (AvgIpc) is 2.31. The molecule has 22 heavy (non-hydrogen) atoms. The molecule has 1 aromatic rings. The fourth-order valence-electron chi connectivity index (χ4n) is 1.88. The Kier molecular flexibility index (Phi) is 6.37. The van der Waals surface area contributed by atoms with Crippen molar-refractivity contribution in [2.45, 2.75) is 53.1 Å². The van der Waals surface area contributed by atoms with Gasteiger partial charge in [0.15, 0.2) is 23.0 Å². The standard InChI is InChI=1S/C16H30O4Si2/c1-9-17-13-11-16(20-22(6,7)8)14(18-10-2)12-15(13)19-21(3,4)5/h11-12H,9-10H2,1-8H3. The van der Waals surface area contributed by atoms with Gasteiger partial charge in [0.1, 0.15) is 0 Å². The third-order valence-electron chi connectivity index (χ3n) is 2.44. The number of rotatable bonds is 8. The summed E-state index contributed by atoms with van der Waals surface area (Å²) >= 11 is 0. The van der Waals surface area contributed by atoms with E-state index in [-0.39, 0.29) is 0 Å². The van der Waals surface area contributed by atoms with E-state index < -0.39 is 16.6 Å². The van der Waals surface area contributed by atoms with Crippen LogP contribution in [0.5, 0.6) is 23.0 Å². The van der Waals surface area contributed by atoms with E-state index in [0.29, 0.717) is 13.2 Å². The molecule has 1 rings (SSSR count). The van der Waals surface area contributed by atoms with Crippen LogP contribution in [0, 0.1) is 0 Å². The minimum Gasteiger partial charge on any atom is -0.542 e. The van der Waals surface area contributed by atoms with Gasteiger partial charge in [0.25, 0.3) is 0 Å². The minimum absolute atomic E-state index is 0.586. The van der Waals surface area contributed by atoms with E-state index >= 15 is 0 Å². The quantitative estimate of drug-likeness (QED) is 0.629. The smallest absolute Gasteiger partial charge is 0.242 e. The lowest BCUT2D eigenvalue weighted by Crippen LogP contribution is -2.30. The normalized spacial score (nSPS) is 12.0. The molecule has 0 aliphatic heterocycles. The van der Waals surface area contributed by atoms with Crippen LogP contribution in [0.2, 0.25) is 39.3 Å². The molecule has 0 radical (unpaired) electrons. The minimum atomic E-state index is -1.74. The molecule has 0 aliphatic carbocycles. The third kappa shape index (κ3) is 6.31. The second-order valence-electron chi connectivity index (χ2n) is 7.04. The van der Waals surface area contributed by atoms with Gasteiger partial charge in [-0.25, -0.2) is 0 Å². The molecule has 0 aromatic heterocycles. The van der Waals surface area contributed by atoms with Crippen molar-refractivity contribution < 1.29 is 18.3 Å². The van der Waals surface area contributed by atoms with Crippen LogP contribution in [-0.4, -0.2) is 29.8 Å². The van der Waals surface area contributed by atoms with E-state index in [0.717, 1.165) is 23.0 Å². The molecule has 0 aliphatic rings. The maximum absolute atomic E-state index is 6.15. The number of ether oxygens (including phenoxy) is 2. The summed E-state index contributed by atoms with van der Waals surface area (Å²) in [6.45, 7) is 18.0. The highest BCUT2D eigenvalue weighted by atomic mass is 28.4. The molecule has 0 atom stereocenters. The Morgan fingerprint density at radius 2 is 0.955 bits per heavy atom. The second-order valence-corrected chi connectivity index (χ2v) is 15.9. The van der Waals surface area contributed by atoms with Crippen molar-refractivity contribution in [1.82, 2.24) is 0 Å². The molecule has 0 saturated carbocycles. The largest absolute Gasteiger partial charge is 0.542 e. The zero-order chi connectivity index (χ0) is 17.0. The average molecular weight is 343 g/mol. The molecular formula is C16H30O4Si2. The van der Waals surface area contributed by atoms with Crippen molar-refractivity contribution in [2.24, 2.45) is 0 Å². The van der Waals surface area contributed by atoms with Gasteiger partial charge in [0.2, 0.25) is 16.6 Å². The lowest BCUT2D eigenvalue weighted by molar-refractivity contribution is 0.310. The van der Waals surface area contributed by atoms with Crippen molar-refractivity contribution in [2.75, 3.05) is 13.2 Å². The first kappa shape index (κ1) is 18.9. The van der Waals surface area contributed by atoms with Crippen molar-refractivity contribution in [3.8, 4) is 23.0 Å². The van der Waals surface area contributed by atoms with E-state index in [1.165, 1.54) is 0 Å². The van der Waals surface area contributed by atoms with Gasteiger partial charge in [-0.05, 0) is 53.1 Å². The summed E-state index contributed by atoms with van der Waals surface area (Å²) in [7, 11) is -3.47. The van der Waals surface area contributed by atoms with Gasteiger partial charge < -0.3 is 18.3 Å². The Morgan fingerprint density at radius 1 is 0.636 bits per heavy atom. The molecule has 0 unspecified atom stereocenters. The van der Waals surface area contributed by atoms with Crippen molar-refractivity contribution >= 4 is 16.6 Å². The fraction of sp³-hybridized carbons (Fsp3) is 0.625. The molecule has 0 fully saturated rings. The lowest BCUT2D eigenvalue weighted by atomic mass is 10.2. The molecule has 6 heteroatoms. The van der Waals surface area contributed by atoms with Gasteiger partial charge in [-0.2, -0.15) is 0 Å². The molecule has 0 spiro atoms. The van der Waals surface area contributed by atoms with Gasteiger partial charge in [0.05, 0.1) is 13.2 Å². The maximum atomic E-state index is 6.15. The molecule has 1 aromatic carbocycles. The Bertz CT molecular complexity index is 444. The van der Waals surface area contributed by atoms with Gasteiger partial charge in [0, 0.05) is 12.1 Å². The SMILES string of the molecule is CCOc1cc(O[Si](C)(C)C)c(OCC)cc1O[Si](C)(C)C. The summed E-state index contributed by atoms with van der Waals surface area (Å²) in [5.41, 5.74) is 0. The van der Waals surface area contributed by atoms with E-state index in [1.54, 1.807) is 0 Å². The van der Waals surface area contributed by atoms with Crippen LogP contribution in [0.25, 0.3) is 0 Å².